The highest BCUT2D eigenvalue weighted by Crippen LogP contribution is 2.26. The van der Waals surface area contributed by atoms with E-state index in [4.69, 9.17) is 27.9 Å². The maximum atomic E-state index is 6.39. The van der Waals surface area contributed by atoms with E-state index in [1.807, 2.05) is 24.3 Å². The van der Waals surface area contributed by atoms with Gasteiger partial charge in [0.15, 0.2) is 0 Å². The summed E-state index contributed by atoms with van der Waals surface area (Å²) in [6.07, 6.45) is 2.20. The van der Waals surface area contributed by atoms with E-state index >= 15 is 0 Å². The van der Waals surface area contributed by atoms with E-state index in [2.05, 4.69) is 52.5 Å². The molecule has 0 aliphatic carbocycles. The Bertz CT molecular complexity index is 1120. The van der Waals surface area contributed by atoms with Crippen LogP contribution in [0.5, 0.6) is 5.75 Å². The van der Waals surface area contributed by atoms with Crippen LogP contribution in [-0.2, 0) is 19.6 Å². The van der Waals surface area contributed by atoms with Gasteiger partial charge >= 0.3 is 0 Å². The third-order valence-corrected chi connectivity index (χ3v) is 5.62. The number of ether oxygens (including phenoxy) is 1. The Hall–Kier alpha value is -2.46. The fourth-order valence-corrected chi connectivity index (χ4v) is 3.98. The highest BCUT2D eigenvalue weighted by atomic mass is 35.5. The number of nitrogens with one attached hydrogen (secondary N) is 1. The van der Waals surface area contributed by atoms with E-state index in [9.17, 15) is 0 Å². The molecule has 29 heavy (non-hydrogen) atoms. The molecule has 4 rings (SSSR count). The van der Waals surface area contributed by atoms with Crippen molar-refractivity contribution in [3.8, 4) is 5.75 Å². The largest absolute Gasteiger partial charge is 0.497 e. The molecular formula is C24H22Cl2N2O. The summed E-state index contributed by atoms with van der Waals surface area (Å²) >= 11 is 12.4. The van der Waals surface area contributed by atoms with Crippen molar-refractivity contribution in [1.29, 1.82) is 0 Å². The van der Waals surface area contributed by atoms with Crippen LogP contribution >= 0.6 is 23.2 Å². The summed E-state index contributed by atoms with van der Waals surface area (Å²) in [5.74, 6) is 0.873. The Morgan fingerprint density at radius 2 is 1.69 bits per heavy atom. The van der Waals surface area contributed by atoms with Gasteiger partial charge in [-0.2, -0.15) is 0 Å². The van der Waals surface area contributed by atoms with E-state index in [0.717, 1.165) is 24.4 Å². The lowest BCUT2D eigenvalue weighted by Gasteiger charge is -2.08. The lowest BCUT2D eigenvalue weighted by Crippen LogP contribution is -2.12. The SMILES string of the molecule is COc1ccc(CNCc2cn(Cc3ccc(Cl)cc3Cl)c3ccccc23)cc1. The van der Waals surface area contributed by atoms with Crippen LogP contribution in [0, 0.1) is 0 Å². The minimum Gasteiger partial charge on any atom is -0.497 e. The zero-order valence-electron chi connectivity index (χ0n) is 16.2. The van der Waals surface area contributed by atoms with Gasteiger partial charge in [0.25, 0.3) is 0 Å². The van der Waals surface area contributed by atoms with Gasteiger partial charge in [-0.1, -0.05) is 59.6 Å². The van der Waals surface area contributed by atoms with Gasteiger partial charge in [0, 0.05) is 46.8 Å². The molecule has 1 N–H and O–H groups in total. The fourth-order valence-electron chi connectivity index (χ4n) is 3.51. The van der Waals surface area contributed by atoms with Crippen molar-refractivity contribution in [3.63, 3.8) is 0 Å². The smallest absolute Gasteiger partial charge is 0.118 e. The summed E-state index contributed by atoms with van der Waals surface area (Å²) in [5, 5.41) is 6.14. The number of benzene rings is 3. The first-order chi connectivity index (χ1) is 14.1. The minimum atomic E-state index is 0.652. The summed E-state index contributed by atoms with van der Waals surface area (Å²) in [6, 6.07) is 22.2. The highest BCUT2D eigenvalue weighted by molar-refractivity contribution is 6.35. The van der Waals surface area contributed by atoms with Crippen LogP contribution < -0.4 is 10.1 Å². The molecule has 0 radical (unpaired) electrons. The Morgan fingerprint density at radius 1 is 0.897 bits per heavy atom. The number of hydrogen-bond donors (Lipinski definition) is 1. The minimum absolute atomic E-state index is 0.652. The highest BCUT2D eigenvalue weighted by Gasteiger charge is 2.10. The Morgan fingerprint density at radius 3 is 2.45 bits per heavy atom. The van der Waals surface area contributed by atoms with E-state index in [1.165, 1.54) is 22.0 Å². The summed E-state index contributed by atoms with van der Waals surface area (Å²) in [6.45, 7) is 2.29. The van der Waals surface area contributed by atoms with Crippen molar-refractivity contribution in [3.05, 3.63) is 99.7 Å². The summed E-state index contributed by atoms with van der Waals surface area (Å²) in [5.41, 5.74) is 4.73. The van der Waals surface area contributed by atoms with Gasteiger partial charge in [0.05, 0.1) is 7.11 Å². The molecule has 148 valence electrons. The van der Waals surface area contributed by atoms with E-state index < -0.39 is 0 Å². The molecule has 0 spiro atoms. The van der Waals surface area contributed by atoms with Crippen LogP contribution in [0.2, 0.25) is 10.0 Å². The molecule has 4 aromatic rings. The molecule has 3 aromatic carbocycles. The maximum Gasteiger partial charge on any atom is 0.118 e. The van der Waals surface area contributed by atoms with Gasteiger partial charge in [-0.15, -0.1) is 0 Å². The van der Waals surface area contributed by atoms with Crippen molar-refractivity contribution >= 4 is 34.1 Å². The molecule has 0 amide bonds. The predicted molar refractivity (Wildman–Crippen MR) is 121 cm³/mol. The second kappa shape index (κ2) is 8.91. The third kappa shape index (κ3) is 4.59. The van der Waals surface area contributed by atoms with Gasteiger partial charge in [0.1, 0.15) is 5.75 Å². The molecule has 1 aromatic heterocycles. The van der Waals surface area contributed by atoms with Crippen molar-refractivity contribution in [2.24, 2.45) is 0 Å². The molecule has 0 unspecified atom stereocenters. The number of para-hydroxylation sites is 1. The quantitative estimate of drug-likeness (QED) is 0.376. The van der Waals surface area contributed by atoms with Gasteiger partial charge in [0.2, 0.25) is 0 Å². The summed E-state index contributed by atoms with van der Waals surface area (Å²) in [4.78, 5) is 0. The molecule has 0 saturated carbocycles. The number of hydrogen-bond acceptors (Lipinski definition) is 2. The molecule has 1 heterocycles. The number of fused-ring (bicyclic) bond motifs is 1. The van der Waals surface area contributed by atoms with E-state index in [-0.39, 0.29) is 0 Å². The van der Waals surface area contributed by atoms with Gasteiger partial charge < -0.3 is 14.6 Å². The predicted octanol–water partition coefficient (Wildman–Crippen LogP) is 6.29. The Balaban J connectivity index is 1.52. The fraction of sp³-hybridized carbons (Fsp3) is 0.167. The average Bonchev–Trinajstić information content (AvgIpc) is 3.08. The zero-order valence-corrected chi connectivity index (χ0v) is 17.7. The van der Waals surface area contributed by atoms with Crippen LogP contribution in [0.3, 0.4) is 0 Å². The first-order valence-electron chi connectivity index (χ1n) is 9.48. The molecular weight excluding hydrogens is 403 g/mol. The van der Waals surface area contributed by atoms with E-state index in [1.54, 1.807) is 13.2 Å². The normalized spacial score (nSPS) is 11.1. The average molecular weight is 425 g/mol. The van der Waals surface area contributed by atoms with Crippen LogP contribution in [0.1, 0.15) is 16.7 Å². The van der Waals surface area contributed by atoms with Gasteiger partial charge in [-0.3, -0.25) is 0 Å². The maximum absolute atomic E-state index is 6.39. The second-order valence-electron chi connectivity index (χ2n) is 6.99. The molecule has 0 saturated heterocycles. The molecule has 0 aliphatic rings. The van der Waals surface area contributed by atoms with E-state index in [0.29, 0.717) is 16.6 Å². The topological polar surface area (TPSA) is 26.2 Å². The Kier molecular flexibility index (Phi) is 6.10. The first kappa shape index (κ1) is 19.8. The van der Waals surface area contributed by atoms with Crippen molar-refractivity contribution in [2.45, 2.75) is 19.6 Å². The number of halogens is 2. The van der Waals surface area contributed by atoms with Gasteiger partial charge in [-0.05, 0) is 47.0 Å². The number of aromatic nitrogens is 1. The zero-order chi connectivity index (χ0) is 20.2. The number of methoxy groups -OCH3 is 1. The third-order valence-electron chi connectivity index (χ3n) is 5.03. The van der Waals surface area contributed by atoms with Crippen LogP contribution in [0.4, 0.5) is 0 Å². The number of nitrogens with zero attached hydrogens (tertiary/aromatic N) is 1. The lowest BCUT2D eigenvalue weighted by molar-refractivity contribution is 0.414. The molecule has 5 heteroatoms. The summed E-state index contributed by atoms with van der Waals surface area (Å²) < 4.78 is 7.46. The molecule has 0 fully saturated rings. The monoisotopic (exact) mass is 424 g/mol. The summed E-state index contributed by atoms with van der Waals surface area (Å²) in [7, 11) is 1.68. The van der Waals surface area contributed by atoms with Crippen LogP contribution in [-0.4, -0.2) is 11.7 Å². The van der Waals surface area contributed by atoms with Crippen LogP contribution in [0.25, 0.3) is 10.9 Å². The first-order valence-corrected chi connectivity index (χ1v) is 10.2. The molecule has 3 nitrogen and oxygen atoms in total. The van der Waals surface area contributed by atoms with Gasteiger partial charge in [-0.25, -0.2) is 0 Å². The lowest BCUT2D eigenvalue weighted by atomic mass is 10.1. The second-order valence-corrected chi connectivity index (χ2v) is 7.83. The van der Waals surface area contributed by atoms with Crippen molar-refractivity contribution in [1.82, 2.24) is 9.88 Å². The van der Waals surface area contributed by atoms with Crippen molar-refractivity contribution in [2.75, 3.05) is 7.11 Å². The van der Waals surface area contributed by atoms with Crippen LogP contribution in [0.15, 0.2) is 72.9 Å². The Labute approximate surface area is 180 Å². The molecule has 0 bridgehead atoms. The molecule has 0 atom stereocenters. The molecule has 0 aliphatic heterocycles. The standard InChI is InChI=1S/C24H22Cl2N2O/c1-29-21-10-6-17(7-11-21)13-27-14-19-16-28(24-5-3-2-4-22(19)24)15-18-8-9-20(25)12-23(18)26/h2-12,16,27H,13-15H2,1H3. The van der Waals surface area contributed by atoms with Crippen molar-refractivity contribution < 1.29 is 4.74 Å². The number of rotatable bonds is 7.